The molecule has 0 saturated heterocycles. The molecule has 2 atom stereocenters. The van der Waals surface area contributed by atoms with E-state index in [0.29, 0.717) is 23.0 Å². The summed E-state index contributed by atoms with van der Waals surface area (Å²) in [6.45, 7) is 8.35. The van der Waals surface area contributed by atoms with E-state index in [1.807, 2.05) is 36.4 Å². The maximum atomic E-state index is 9.56. The summed E-state index contributed by atoms with van der Waals surface area (Å²) in [6, 6.07) is 13.7. The predicted octanol–water partition coefficient (Wildman–Crippen LogP) is 5.72. The van der Waals surface area contributed by atoms with Crippen molar-refractivity contribution in [2.45, 2.75) is 39.4 Å². The lowest BCUT2D eigenvalue weighted by molar-refractivity contribution is 0.00373. The van der Waals surface area contributed by atoms with Crippen LogP contribution in [0.1, 0.15) is 44.4 Å². The van der Waals surface area contributed by atoms with Gasteiger partial charge < -0.3 is 14.7 Å². The number of hydrogen-bond donors (Lipinski definition) is 1. The second kappa shape index (κ2) is 8.40. The Morgan fingerprint density at radius 3 is 2.52 bits per heavy atom. The average Bonchev–Trinajstić information content (AvgIpc) is 2.71. The number of nitrogens with zero attached hydrogens (tertiary/aromatic N) is 1. The number of aliphatic hydroxyl groups is 1. The van der Waals surface area contributed by atoms with E-state index < -0.39 is 0 Å². The van der Waals surface area contributed by atoms with Gasteiger partial charge in [-0.1, -0.05) is 62.2 Å². The van der Waals surface area contributed by atoms with Crippen molar-refractivity contribution in [3.63, 3.8) is 0 Å². The normalized spacial score (nSPS) is 20.3. The number of hydrogen-bond acceptors (Lipinski definition) is 3. The van der Waals surface area contributed by atoms with E-state index in [1.54, 1.807) is 0 Å². The fraction of sp³-hybridized carbons (Fsp3) is 0.455. The van der Waals surface area contributed by atoms with Crippen molar-refractivity contribution in [3.05, 3.63) is 63.6 Å². The van der Waals surface area contributed by atoms with Crippen LogP contribution in [-0.2, 0) is 4.74 Å². The fourth-order valence-corrected chi connectivity index (χ4v) is 4.05. The first-order valence-corrected chi connectivity index (χ1v) is 10.1. The minimum atomic E-state index is -0.325. The largest absolute Gasteiger partial charge is 0.396 e. The molecule has 0 aromatic heterocycles. The van der Waals surface area contributed by atoms with Crippen molar-refractivity contribution in [2.24, 2.45) is 5.41 Å². The van der Waals surface area contributed by atoms with Crippen LogP contribution in [0, 0.1) is 5.41 Å². The fourth-order valence-electron chi connectivity index (χ4n) is 3.63. The lowest BCUT2D eigenvalue weighted by Gasteiger charge is -2.33. The van der Waals surface area contributed by atoms with Crippen LogP contribution in [0.4, 0.5) is 5.69 Å². The monoisotopic (exact) mass is 407 g/mol. The summed E-state index contributed by atoms with van der Waals surface area (Å²) in [6.07, 6.45) is 0.141. The molecule has 3 rings (SSSR count). The molecule has 0 saturated carbocycles. The van der Waals surface area contributed by atoms with Crippen molar-refractivity contribution in [2.75, 3.05) is 24.6 Å². The maximum absolute atomic E-state index is 9.56. The van der Waals surface area contributed by atoms with E-state index >= 15 is 0 Å². The Hall–Kier alpha value is -1.26. The van der Waals surface area contributed by atoms with Crippen LogP contribution in [0.2, 0.25) is 10.0 Å². The first-order chi connectivity index (χ1) is 12.8. The Morgan fingerprint density at radius 1 is 1.11 bits per heavy atom. The van der Waals surface area contributed by atoms with E-state index in [9.17, 15) is 5.11 Å². The van der Waals surface area contributed by atoms with Crippen LogP contribution in [0.3, 0.4) is 0 Å². The molecule has 0 bridgehead atoms. The van der Waals surface area contributed by atoms with Crippen LogP contribution < -0.4 is 4.90 Å². The zero-order valence-corrected chi connectivity index (χ0v) is 17.6. The second-order valence-electron chi connectivity index (χ2n) is 8.32. The maximum Gasteiger partial charge on any atom is 0.111 e. The van der Waals surface area contributed by atoms with E-state index in [4.69, 9.17) is 27.9 Å². The van der Waals surface area contributed by atoms with Crippen LogP contribution >= 0.6 is 23.2 Å². The van der Waals surface area contributed by atoms with Crippen LogP contribution in [0.25, 0.3) is 0 Å². The molecule has 0 fully saturated rings. The third kappa shape index (κ3) is 4.97. The number of fused-ring (bicyclic) bond motifs is 1. The SMILES string of the molecule is CC(C)(C)CN1C[C@@H](CCO)O[C@H](c2ccccc2Cl)c2cc(Cl)ccc21. The minimum absolute atomic E-state index is 0.0837. The van der Waals surface area contributed by atoms with Gasteiger partial charge in [-0.05, 0) is 36.1 Å². The van der Waals surface area contributed by atoms with Crippen molar-refractivity contribution < 1.29 is 9.84 Å². The molecule has 5 heteroatoms. The highest BCUT2D eigenvalue weighted by Crippen LogP contribution is 2.42. The Bertz CT molecular complexity index is 788. The van der Waals surface area contributed by atoms with Crippen molar-refractivity contribution in [1.29, 1.82) is 0 Å². The van der Waals surface area contributed by atoms with Gasteiger partial charge >= 0.3 is 0 Å². The molecule has 0 spiro atoms. The summed E-state index contributed by atoms with van der Waals surface area (Å²) in [5, 5.41) is 10.9. The molecule has 0 radical (unpaired) electrons. The highest BCUT2D eigenvalue weighted by molar-refractivity contribution is 6.31. The molecule has 1 N–H and O–H groups in total. The topological polar surface area (TPSA) is 32.7 Å². The molecule has 0 aliphatic carbocycles. The molecule has 1 heterocycles. The Morgan fingerprint density at radius 2 is 1.85 bits per heavy atom. The highest BCUT2D eigenvalue weighted by atomic mass is 35.5. The van der Waals surface area contributed by atoms with Crippen LogP contribution in [0.5, 0.6) is 0 Å². The van der Waals surface area contributed by atoms with Crippen molar-refractivity contribution in [1.82, 2.24) is 0 Å². The van der Waals surface area contributed by atoms with Gasteiger partial charge in [-0.15, -0.1) is 0 Å². The first-order valence-electron chi connectivity index (χ1n) is 9.33. The van der Waals surface area contributed by atoms with Crippen LogP contribution in [-0.4, -0.2) is 30.9 Å². The van der Waals surface area contributed by atoms with Crippen LogP contribution in [0.15, 0.2) is 42.5 Å². The molecule has 2 aromatic rings. The quantitative estimate of drug-likeness (QED) is 0.703. The molecule has 0 amide bonds. The summed E-state index contributed by atoms with van der Waals surface area (Å²) in [5.74, 6) is 0. The third-order valence-electron chi connectivity index (χ3n) is 4.67. The van der Waals surface area contributed by atoms with Gasteiger partial charge in [-0.3, -0.25) is 0 Å². The number of rotatable bonds is 4. The highest BCUT2D eigenvalue weighted by Gasteiger charge is 2.32. The summed E-state index contributed by atoms with van der Waals surface area (Å²) >= 11 is 12.9. The molecule has 27 heavy (non-hydrogen) atoms. The molecular weight excluding hydrogens is 381 g/mol. The summed E-state index contributed by atoms with van der Waals surface area (Å²) in [5.41, 5.74) is 3.16. The van der Waals surface area contributed by atoms with Gasteiger partial charge in [0.2, 0.25) is 0 Å². The zero-order valence-electron chi connectivity index (χ0n) is 16.1. The van der Waals surface area contributed by atoms with E-state index in [1.165, 1.54) is 0 Å². The van der Waals surface area contributed by atoms with Crippen molar-refractivity contribution in [3.8, 4) is 0 Å². The standard InChI is InChI=1S/C22H27Cl2NO2/c1-22(2,3)14-25-13-16(10-11-26)27-21(17-6-4-5-7-19(17)24)18-12-15(23)8-9-20(18)25/h4-9,12,16,21,26H,10-11,13-14H2,1-3H3/t16-,21-/m1/s1. The van der Waals surface area contributed by atoms with Gasteiger partial charge in [-0.2, -0.15) is 0 Å². The number of benzene rings is 2. The smallest absolute Gasteiger partial charge is 0.111 e. The van der Waals surface area contributed by atoms with Gasteiger partial charge in [0.05, 0.1) is 6.10 Å². The molecule has 1 aliphatic rings. The Kier molecular flexibility index (Phi) is 6.37. The van der Waals surface area contributed by atoms with Gasteiger partial charge in [0, 0.05) is 46.6 Å². The lowest BCUT2D eigenvalue weighted by Crippen LogP contribution is -2.38. The number of halogens is 2. The molecule has 1 aliphatic heterocycles. The average molecular weight is 408 g/mol. The molecule has 3 nitrogen and oxygen atoms in total. The van der Waals surface area contributed by atoms with E-state index in [2.05, 4.69) is 31.7 Å². The number of aliphatic hydroxyl groups excluding tert-OH is 1. The molecule has 0 unspecified atom stereocenters. The number of ether oxygens (including phenoxy) is 1. The third-order valence-corrected chi connectivity index (χ3v) is 5.25. The minimum Gasteiger partial charge on any atom is -0.396 e. The van der Waals surface area contributed by atoms with Gasteiger partial charge in [0.15, 0.2) is 0 Å². The summed E-state index contributed by atoms with van der Waals surface area (Å²) in [4.78, 5) is 2.35. The summed E-state index contributed by atoms with van der Waals surface area (Å²) < 4.78 is 6.50. The second-order valence-corrected chi connectivity index (χ2v) is 9.16. The van der Waals surface area contributed by atoms with Gasteiger partial charge in [0.1, 0.15) is 6.10 Å². The molecule has 2 aromatic carbocycles. The Balaban J connectivity index is 2.13. The zero-order chi connectivity index (χ0) is 19.6. The first kappa shape index (κ1) is 20.5. The Labute approximate surface area is 171 Å². The number of anilines is 1. The van der Waals surface area contributed by atoms with E-state index in [0.717, 1.165) is 23.4 Å². The van der Waals surface area contributed by atoms with Crippen molar-refractivity contribution >= 4 is 28.9 Å². The predicted molar refractivity (Wildman–Crippen MR) is 113 cm³/mol. The van der Waals surface area contributed by atoms with E-state index in [-0.39, 0.29) is 24.2 Å². The lowest BCUT2D eigenvalue weighted by atomic mass is 9.94. The molecule has 146 valence electrons. The molecular formula is C22H27Cl2NO2. The van der Waals surface area contributed by atoms with Gasteiger partial charge in [-0.25, -0.2) is 0 Å². The summed E-state index contributed by atoms with van der Waals surface area (Å²) in [7, 11) is 0. The van der Waals surface area contributed by atoms with Gasteiger partial charge in [0.25, 0.3) is 0 Å².